The predicted octanol–water partition coefficient (Wildman–Crippen LogP) is 0.761. The quantitative estimate of drug-likeness (QED) is 0.777. The summed E-state index contributed by atoms with van der Waals surface area (Å²) in [6, 6.07) is 9.81. The van der Waals surface area contributed by atoms with Crippen molar-refractivity contribution in [2.75, 3.05) is 26.2 Å². The molecule has 0 bridgehead atoms. The normalized spacial score (nSPS) is 20.6. The summed E-state index contributed by atoms with van der Waals surface area (Å²) in [7, 11) is 0. The minimum absolute atomic E-state index is 0.0785. The molecule has 2 fully saturated rings. The van der Waals surface area contributed by atoms with Gasteiger partial charge in [0.05, 0.1) is 19.7 Å². The Morgan fingerprint density at radius 3 is 2.54 bits per heavy atom. The minimum atomic E-state index is -0.752. The summed E-state index contributed by atoms with van der Waals surface area (Å²) in [6.45, 7) is 1.18. The van der Waals surface area contributed by atoms with Crippen LogP contribution in [-0.2, 0) is 19.1 Å². The highest BCUT2D eigenvalue weighted by atomic mass is 16.5. The average Bonchev–Trinajstić information content (AvgIpc) is 3.19. The van der Waals surface area contributed by atoms with Gasteiger partial charge >= 0.3 is 11.8 Å². The molecule has 1 atom stereocenters. The maximum Gasteiger partial charge on any atom is 0.309 e. The molecule has 2 aliphatic rings. The van der Waals surface area contributed by atoms with Crippen LogP contribution in [-0.4, -0.2) is 54.9 Å². The molecule has 0 aromatic heterocycles. The first kappa shape index (κ1) is 18.4. The lowest BCUT2D eigenvalue weighted by Crippen LogP contribution is -2.49. The summed E-state index contributed by atoms with van der Waals surface area (Å²) in [4.78, 5) is 37.8. The standard InChI is InChI=1S/C19H25N3O4/c23-17(12-20-18(24)19(25)21-15-8-4-5-9-15)22-10-11-26-16(13-22)14-6-2-1-3-7-14/h1-3,6-7,15-16H,4-5,8-13H2,(H,20,24)(H,21,25). The number of benzene rings is 1. The van der Waals surface area contributed by atoms with Gasteiger partial charge < -0.3 is 20.3 Å². The highest BCUT2D eigenvalue weighted by Crippen LogP contribution is 2.21. The molecule has 7 nitrogen and oxygen atoms in total. The topological polar surface area (TPSA) is 87.7 Å². The lowest BCUT2D eigenvalue weighted by molar-refractivity contribution is -0.142. The number of nitrogens with zero attached hydrogens (tertiary/aromatic N) is 1. The number of carbonyl (C=O) groups is 3. The Morgan fingerprint density at radius 1 is 1.08 bits per heavy atom. The zero-order valence-corrected chi connectivity index (χ0v) is 14.8. The first-order chi connectivity index (χ1) is 12.6. The Hall–Kier alpha value is -2.41. The predicted molar refractivity (Wildman–Crippen MR) is 95.1 cm³/mol. The van der Waals surface area contributed by atoms with Crippen LogP contribution >= 0.6 is 0 Å². The highest BCUT2D eigenvalue weighted by Gasteiger charge is 2.26. The van der Waals surface area contributed by atoms with Crippen molar-refractivity contribution in [2.45, 2.75) is 37.8 Å². The zero-order chi connectivity index (χ0) is 18.4. The van der Waals surface area contributed by atoms with E-state index in [9.17, 15) is 14.4 Å². The first-order valence-corrected chi connectivity index (χ1v) is 9.16. The number of nitrogens with one attached hydrogen (secondary N) is 2. The highest BCUT2D eigenvalue weighted by molar-refractivity contribution is 6.35. The van der Waals surface area contributed by atoms with E-state index in [0.29, 0.717) is 19.7 Å². The van der Waals surface area contributed by atoms with Crippen molar-refractivity contribution in [1.82, 2.24) is 15.5 Å². The van der Waals surface area contributed by atoms with E-state index in [1.54, 1.807) is 4.90 Å². The Balaban J connectivity index is 1.45. The van der Waals surface area contributed by atoms with E-state index in [1.165, 1.54) is 0 Å². The van der Waals surface area contributed by atoms with Gasteiger partial charge in [-0.3, -0.25) is 14.4 Å². The third kappa shape index (κ3) is 4.82. The summed E-state index contributed by atoms with van der Waals surface area (Å²) in [6.07, 6.45) is 3.80. The van der Waals surface area contributed by atoms with E-state index >= 15 is 0 Å². The van der Waals surface area contributed by atoms with Gasteiger partial charge in [-0.15, -0.1) is 0 Å². The average molecular weight is 359 g/mol. The number of rotatable bonds is 4. The molecule has 1 heterocycles. The van der Waals surface area contributed by atoms with Crippen molar-refractivity contribution >= 4 is 17.7 Å². The fourth-order valence-corrected chi connectivity index (χ4v) is 3.41. The number of morpholine rings is 1. The van der Waals surface area contributed by atoms with Gasteiger partial charge in [0.15, 0.2) is 0 Å². The van der Waals surface area contributed by atoms with Crippen molar-refractivity contribution in [3.63, 3.8) is 0 Å². The smallest absolute Gasteiger partial charge is 0.309 e. The number of ether oxygens (including phenoxy) is 1. The molecule has 2 N–H and O–H groups in total. The molecule has 3 amide bonds. The van der Waals surface area contributed by atoms with E-state index in [4.69, 9.17) is 4.74 Å². The molecule has 1 saturated heterocycles. The third-order valence-corrected chi connectivity index (χ3v) is 4.89. The molecule has 0 spiro atoms. The molecule has 26 heavy (non-hydrogen) atoms. The first-order valence-electron chi connectivity index (χ1n) is 9.16. The fourth-order valence-electron chi connectivity index (χ4n) is 3.41. The van der Waals surface area contributed by atoms with Gasteiger partial charge in [0.2, 0.25) is 5.91 Å². The second kappa shape index (κ2) is 8.80. The Morgan fingerprint density at radius 2 is 1.81 bits per heavy atom. The van der Waals surface area contributed by atoms with E-state index in [2.05, 4.69) is 10.6 Å². The molecule has 7 heteroatoms. The molecule has 1 saturated carbocycles. The minimum Gasteiger partial charge on any atom is -0.370 e. The van der Waals surface area contributed by atoms with E-state index in [-0.39, 0.29) is 24.6 Å². The van der Waals surface area contributed by atoms with Crippen molar-refractivity contribution < 1.29 is 19.1 Å². The Labute approximate surface area is 153 Å². The van der Waals surface area contributed by atoms with Crippen molar-refractivity contribution in [3.8, 4) is 0 Å². The van der Waals surface area contributed by atoms with Crippen LogP contribution in [0, 0.1) is 0 Å². The van der Waals surface area contributed by atoms with Crippen LogP contribution in [0.3, 0.4) is 0 Å². The van der Waals surface area contributed by atoms with Crippen molar-refractivity contribution in [2.24, 2.45) is 0 Å². The molecule has 1 aromatic carbocycles. The molecule has 1 aliphatic heterocycles. The number of amides is 3. The van der Waals surface area contributed by atoms with Gasteiger partial charge in [-0.1, -0.05) is 43.2 Å². The van der Waals surface area contributed by atoms with Crippen LogP contribution in [0.25, 0.3) is 0 Å². The van der Waals surface area contributed by atoms with Gasteiger partial charge in [0.25, 0.3) is 0 Å². The monoisotopic (exact) mass is 359 g/mol. The lowest BCUT2D eigenvalue weighted by Gasteiger charge is -2.33. The van der Waals surface area contributed by atoms with E-state index in [1.807, 2.05) is 30.3 Å². The summed E-state index contributed by atoms with van der Waals surface area (Å²) < 4.78 is 5.74. The van der Waals surface area contributed by atoms with Crippen LogP contribution in [0.2, 0.25) is 0 Å². The molecule has 140 valence electrons. The SMILES string of the molecule is O=C(NCC(=O)N1CCOC(c2ccccc2)C1)C(=O)NC1CCCC1. The molecular weight excluding hydrogens is 334 g/mol. The zero-order valence-electron chi connectivity index (χ0n) is 14.8. The molecule has 1 aromatic rings. The van der Waals surface area contributed by atoms with Crippen LogP contribution in [0.5, 0.6) is 0 Å². The largest absolute Gasteiger partial charge is 0.370 e. The number of hydrogen-bond acceptors (Lipinski definition) is 4. The van der Waals surface area contributed by atoms with Gasteiger partial charge in [0.1, 0.15) is 6.10 Å². The lowest BCUT2D eigenvalue weighted by atomic mass is 10.1. The summed E-state index contributed by atoms with van der Waals surface area (Å²) in [5, 5.41) is 5.14. The second-order valence-electron chi connectivity index (χ2n) is 6.75. The second-order valence-corrected chi connectivity index (χ2v) is 6.75. The van der Waals surface area contributed by atoms with E-state index in [0.717, 1.165) is 31.2 Å². The summed E-state index contributed by atoms with van der Waals surface area (Å²) in [5.74, 6) is -1.62. The van der Waals surface area contributed by atoms with Crippen LogP contribution in [0.15, 0.2) is 30.3 Å². The van der Waals surface area contributed by atoms with Crippen molar-refractivity contribution in [3.05, 3.63) is 35.9 Å². The Bertz CT molecular complexity index is 643. The van der Waals surface area contributed by atoms with Gasteiger partial charge in [0, 0.05) is 12.6 Å². The number of carbonyl (C=O) groups excluding carboxylic acids is 3. The van der Waals surface area contributed by atoms with E-state index < -0.39 is 11.8 Å². The van der Waals surface area contributed by atoms with Gasteiger partial charge in [-0.25, -0.2) is 0 Å². The molecular formula is C19H25N3O4. The van der Waals surface area contributed by atoms with Crippen molar-refractivity contribution in [1.29, 1.82) is 0 Å². The number of hydrogen-bond donors (Lipinski definition) is 2. The van der Waals surface area contributed by atoms with Gasteiger partial charge in [-0.05, 0) is 18.4 Å². The summed E-state index contributed by atoms with van der Waals surface area (Å²) in [5.41, 5.74) is 1.02. The fraction of sp³-hybridized carbons (Fsp3) is 0.526. The Kier molecular flexibility index (Phi) is 6.22. The molecule has 1 aliphatic carbocycles. The third-order valence-electron chi connectivity index (χ3n) is 4.89. The maximum absolute atomic E-state index is 12.4. The van der Waals surface area contributed by atoms with Crippen LogP contribution in [0.1, 0.15) is 37.4 Å². The summed E-state index contributed by atoms with van der Waals surface area (Å²) >= 11 is 0. The maximum atomic E-state index is 12.4. The van der Waals surface area contributed by atoms with Gasteiger partial charge in [-0.2, -0.15) is 0 Å². The molecule has 3 rings (SSSR count). The molecule has 1 unspecified atom stereocenters. The molecule has 0 radical (unpaired) electrons. The van der Waals surface area contributed by atoms with Crippen LogP contribution < -0.4 is 10.6 Å². The van der Waals surface area contributed by atoms with Crippen LogP contribution in [0.4, 0.5) is 0 Å².